The van der Waals surface area contributed by atoms with Gasteiger partial charge in [-0.25, -0.2) is 0 Å². The second kappa shape index (κ2) is 6.37. The summed E-state index contributed by atoms with van der Waals surface area (Å²) < 4.78 is 5.95. The van der Waals surface area contributed by atoms with Gasteiger partial charge in [-0.15, -0.1) is 0 Å². The molecule has 2 saturated heterocycles. The molecule has 0 aliphatic carbocycles. The molecule has 108 valence electrons. The molecule has 0 spiro atoms. The van der Waals surface area contributed by atoms with Crippen molar-refractivity contribution in [3.05, 3.63) is 35.9 Å². The fourth-order valence-corrected chi connectivity index (χ4v) is 2.91. The molecule has 1 aromatic rings. The molecule has 4 heteroatoms. The van der Waals surface area contributed by atoms with E-state index < -0.39 is 0 Å². The smallest absolute Gasteiger partial charge is 0.225 e. The molecule has 2 aliphatic heterocycles. The largest absolute Gasteiger partial charge is 0.373 e. The van der Waals surface area contributed by atoms with Gasteiger partial charge in [-0.1, -0.05) is 30.3 Å². The summed E-state index contributed by atoms with van der Waals surface area (Å²) in [5.74, 6) is 0.721. The van der Waals surface area contributed by atoms with Crippen LogP contribution in [0.3, 0.4) is 0 Å². The summed E-state index contributed by atoms with van der Waals surface area (Å²) in [6.45, 7) is 3.16. The summed E-state index contributed by atoms with van der Waals surface area (Å²) in [6.07, 6.45) is 2.31. The molecular weight excluding hydrogens is 252 g/mol. The number of hydrogen-bond acceptors (Lipinski definition) is 3. The first-order valence-corrected chi connectivity index (χ1v) is 7.49. The van der Waals surface area contributed by atoms with E-state index in [9.17, 15) is 4.79 Å². The van der Waals surface area contributed by atoms with Crippen molar-refractivity contribution in [1.29, 1.82) is 0 Å². The van der Waals surface area contributed by atoms with E-state index in [2.05, 4.69) is 22.8 Å². The fourth-order valence-electron chi connectivity index (χ4n) is 2.91. The van der Waals surface area contributed by atoms with Gasteiger partial charge in [-0.3, -0.25) is 4.79 Å². The molecule has 0 bridgehead atoms. The number of amides is 1. The molecular formula is C16H22N2O2. The van der Waals surface area contributed by atoms with Gasteiger partial charge < -0.3 is 15.4 Å². The lowest BCUT2D eigenvalue weighted by molar-refractivity contribution is -0.127. The summed E-state index contributed by atoms with van der Waals surface area (Å²) >= 11 is 0. The molecule has 2 atom stereocenters. The van der Waals surface area contributed by atoms with Crippen molar-refractivity contribution in [3.63, 3.8) is 0 Å². The Hall–Kier alpha value is -1.39. The topological polar surface area (TPSA) is 50.4 Å². The fraction of sp³-hybridized carbons (Fsp3) is 0.562. The van der Waals surface area contributed by atoms with E-state index in [1.165, 1.54) is 5.56 Å². The van der Waals surface area contributed by atoms with E-state index in [1.54, 1.807) is 0 Å². The number of rotatable bonds is 4. The van der Waals surface area contributed by atoms with Gasteiger partial charge in [0, 0.05) is 32.2 Å². The highest BCUT2D eigenvalue weighted by atomic mass is 16.5. The quantitative estimate of drug-likeness (QED) is 0.874. The highest BCUT2D eigenvalue weighted by Crippen LogP contribution is 2.33. The number of nitrogens with one attached hydrogen (secondary N) is 2. The van der Waals surface area contributed by atoms with Gasteiger partial charge in [0.15, 0.2) is 0 Å². The highest BCUT2D eigenvalue weighted by molar-refractivity contribution is 5.79. The zero-order chi connectivity index (χ0) is 13.8. The third kappa shape index (κ3) is 3.02. The van der Waals surface area contributed by atoms with E-state index in [4.69, 9.17) is 4.74 Å². The van der Waals surface area contributed by atoms with Gasteiger partial charge in [0.25, 0.3) is 0 Å². The summed E-state index contributed by atoms with van der Waals surface area (Å²) in [5.41, 5.74) is 1.22. The Morgan fingerprint density at radius 3 is 2.80 bits per heavy atom. The Bertz CT molecular complexity index is 445. The predicted molar refractivity (Wildman–Crippen MR) is 77.2 cm³/mol. The van der Waals surface area contributed by atoms with E-state index in [0.29, 0.717) is 5.92 Å². The van der Waals surface area contributed by atoms with Crippen LogP contribution in [-0.2, 0) is 9.53 Å². The van der Waals surface area contributed by atoms with E-state index in [1.807, 2.05) is 18.2 Å². The number of carbonyl (C=O) groups is 1. The minimum Gasteiger partial charge on any atom is -0.373 e. The van der Waals surface area contributed by atoms with Crippen LogP contribution in [0.1, 0.15) is 24.5 Å². The van der Waals surface area contributed by atoms with E-state index in [0.717, 1.165) is 39.1 Å². The lowest BCUT2D eigenvalue weighted by atomic mass is 9.89. The van der Waals surface area contributed by atoms with Crippen molar-refractivity contribution >= 4 is 5.91 Å². The van der Waals surface area contributed by atoms with Crippen LogP contribution >= 0.6 is 0 Å². The third-order valence-corrected chi connectivity index (χ3v) is 4.26. The SMILES string of the molecule is O=C(NCC1CCCOC1c1ccccc1)C1CNC1. The summed E-state index contributed by atoms with van der Waals surface area (Å²) in [6, 6.07) is 10.3. The zero-order valence-corrected chi connectivity index (χ0v) is 11.7. The van der Waals surface area contributed by atoms with Gasteiger partial charge in [0.1, 0.15) is 0 Å². The number of carbonyl (C=O) groups excluding carboxylic acids is 1. The number of hydrogen-bond donors (Lipinski definition) is 2. The van der Waals surface area contributed by atoms with E-state index >= 15 is 0 Å². The summed E-state index contributed by atoms with van der Waals surface area (Å²) in [4.78, 5) is 11.9. The number of ether oxygens (including phenoxy) is 1. The van der Waals surface area contributed by atoms with E-state index in [-0.39, 0.29) is 17.9 Å². The van der Waals surface area contributed by atoms with Gasteiger partial charge in [-0.05, 0) is 18.4 Å². The monoisotopic (exact) mass is 274 g/mol. The molecule has 2 fully saturated rings. The average Bonchev–Trinajstić information content (AvgIpc) is 2.44. The predicted octanol–water partition coefficient (Wildman–Crippen LogP) is 1.49. The standard InChI is InChI=1S/C16H22N2O2/c19-16(14-9-17-10-14)18-11-13-7-4-8-20-15(13)12-5-2-1-3-6-12/h1-3,5-6,13-15,17H,4,7-11H2,(H,18,19). The highest BCUT2D eigenvalue weighted by Gasteiger charge is 2.30. The Morgan fingerprint density at radius 1 is 1.30 bits per heavy atom. The van der Waals surface area contributed by atoms with Gasteiger partial charge in [-0.2, -0.15) is 0 Å². The molecule has 1 amide bonds. The van der Waals surface area contributed by atoms with Crippen LogP contribution in [0.5, 0.6) is 0 Å². The Balaban J connectivity index is 1.59. The normalized spacial score (nSPS) is 26.8. The second-order valence-electron chi connectivity index (χ2n) is 5.70. The Morgan fingerprint density at radius 2 is 2.10 bits per heavy atom. The van der Waals surface area contributed by atoms with Crippen molar-refractivity contribution in [2.45, 2.75) is 18.9 Å². The summed E-state index contributed by atoms with van der Waals surface area (Å²) in [7, 11) is 0. The molecule has 2 unspecified atom stereocenters. The lowest BCUT2D eigenvalue weighted by Gasteiger charge is -2.33. The van der Waals surface area contributed by atoms with Crippen LogP contribution in [-0.4, -0.2) is 32.1 Å². The minimum atomic E-state index is 0.116. The Kier molecular flexibility index (Phi) is 4.33. The maximum Gasteiger partial charge on any atom is 0.225 e. The van der Waals surface area contributed by atoms with Crippen LogP contribution < -0.4 is 10.6 Å². The van der Waals surface area contributed by atoms with Gasteiger partial charge in [0.05, 0.1) is 12.0 Å². The second-order valence-corrected chi connectivity index (χ2v) is 5.70. The molecule has 3 rings (SSSR count). The first-order chi connectivity index (χ1) is 9.84. The lowest BCUT2D eigenvalue weighted by Crippen LogP contribution is -2.51. The number of benzene rings is 1. The molecule has 2 heterocycles. The molecule has 20 heavy (non-hydrogen) atoms. The molecule has 2 N–H and O–H groups in total. The first kappa shape index (κ1) is 13.6. The first-order valence-electron chi connectivity index (χ1n) is 7.49. The van der Waals surface area contributed by atoms with Crippen molar-refractivity contribution in [3.8, 4) is 0 Å². The molecule has 0 radical (unpaired) electrons. The maximum absolute atomic E-state index is 11.9. The van der Waals surface area contributed by atoms with Crippen LogP contribution in [0.4, 0.5) is 0 Å². The van der Waals surface area contributed by atoms with Crippen LogP contribution in [0.15, 0.2) is 30.3 Å². The van der Waals surface area contributed by atoms with Crippen molar-refractivity contribution in [2.24, 2.45) is 11.8 Å². The zero-order valence-electron chi connectivity index (χ0n) is 11.7. The molecule has 4 nitrogen and oxygen atoms in total. The van der Waals surface area contributed by atoms with Crippen LogP contribution in [0, 0.1) is 11.8 Å². The average molecular weight is 274 g/mol. The van der Waals surface area contributed by atoms with Crippen molar-refractivity contribution < 1.29 is 9.53 Å². The van der Waals surface area contributed by atoms with Crippen LogP contribution in [0.2, 0.25) is 0 Å². The maximum atomic E-state index is 11.9. The van der Waals surface area contributed by atoms with Gasteiger partial charge >= 0.3 is 0 Å². The molecule has 0 aromatic heterocycles. The molecule has 2 aliphatic rings. The summed E-state index contributed by atoms with van der Waals surface area (Å²) in [5, 5.41) is 6.22. The third-order valence-electron chi connectivity index (χ3n) is 4.26. The van der Waals surface area contributed by atoms with Crippen LogP contribution in [0.25, 0.3) is 0 Å². The molecule has 1 aromatic carbocycles. The van der Waals surface area contributed by atoms with Crippen molar-refractivity contribution in [1.82, 2.24) is 10.6 Å². The minimum absolute atomic E-state index is 0.116. The van der Waals surface area contributed by atoms with Gasteiger partial charge in [0.2, 0.25) is 5.91 Å². The van der Waals surface area contributed by atoms with Crippen molar-refractivity contribution in [2.75, 3.05) is 26.2 Å². The Labute approximate surface area is 119 Å². The molecule has 0 saturated carbocycles.